The van der Waals surface area contributed by atoms with E-state index in [0.29, 0.717) is 30.9 Å². The number of nitrogens with two attached hydrogens (primary N) is 1. The molecular formula is C16H20FN3O3S2. The SMILES string of the molecule is NS(=O)(=O)c1ccc(CCN2C(=O)C3CC(F)CCC3NC2=S)cc1. The minimum absolute atomic E-state index is 0.0431. The highest BCUT2D eigenvalue weighted by Crippen LogP contribution is 2.31. The van der Waals surface area contributed by atoms with Crippen LogP contribution in [-0.2, 0) is 21.2 Å². The summed E-state index contributed by atoms with van der Waals surface area (Å²) in [6.07, 6.45) is 0.875. The summed E-state index contributed by atoms with van der Waals surface area (Å²) < 4.78 is 36.2. The number of nitrogens with one attached hydrogen (secondary N) is 1. The monoisotopic (exact) mass is 385 g/mol. The Labute approximate surface area is 151 Å². The second-order valence-electron chi connectivity index (χ2n) is 6.50. The van der Waals surface area contributed by atoms with E-state index in [9.17, 15) is 17.6 Å². The first-order valence-corrected chi connectivity index (χ1v) is 10.1. The number of alkyl halides is 1. The summed E-state index contributed by atoms with van der Waals surface area (Å²) in [5.74, 6) is -0.502. The Morgan fingerprint density at radius 1 is 1.28 bits per heavy atom. The molecule has 0 spiro atoms. The molecule has 2 fully saturated rings. The number of benzene rings is 1. The molecule has 3 N–H and O–H groups in total. The molecule has 9 heteroatoms. The molecule has 6 nitrogen and oxygen atoms in total. The van der Waals surface area contributed by atoms with Crippen molar-refractivity contribution in [2.45, 2.75) is 42.8 Å². The molecule has 136 valence electrons. The van der Waals surface area contributed by atoms with Gasteiger partial charge in [-0.1, -0.05) is 12.1 Å². The molecule has 1 heterocycles. The van der Waals surface area contributed by atoms with Crippen LogP contribution in [0.3, 0.4) is 0 Å². The van der Waals surface area contributed by atoms with E-state index in [1.807, 2.05) is 0 Å². The number of carbonyl (C=O) groups is 1. The smallest absolute Gasteiger partial charge is 0.238 e. The van der Waals surface area contributed by atoms with Crippen LogP contribution in [0.2, 0.25) is 0 Å². The molecule has 1 aliphatic carbocycles. The first-order valence-electron chi connectivity index (χ1n) is 8.13. The van der Waals surface area contributed by atoms with Gasteiger partial charge >= 0.3 is 0 Å². The summed E-state index contributed by atoms with van der Waals surface area (Å²) >= 11 is 5.29. The maximum absolute atomic E-state index is 13.6. The summed E-state index contributed by atoms with van der Waals surface area (Å²) in [6.45, 7) is 0.361. The standard InChI is InChI=1S/C16H20FN3O3S2/c17-11-3-6-14-13(9-11)15(21)20(16(24)19-14)8-7-10-1-4-12(5-2-10)25(18,22)23/h1-2,4-5,11,13-14H,3,6-9H2,(H,19,24)(H2,18,22,23). The lowest BCUT2D eigenvalue weighted by Gasteiger charge is -2.42. The molecule has 2 aliphatic rings. The normalized spacial score (nSPS) is 27.0. The summed E-state index contributed by atoms with van der Waals surface area (Å²) in [7, 11) is -3.72. The molecule has 1 aromatic rings. The van der Waals surface area contributed by atoms with Gasteiger partial charge in [0.1, 0.15) is 6.17 Å². The van der Waals surface area contributed by atoms with Crippen molar-refractivity contribution in [3.8, 4) is 0 Å². The van der Waals surface area contributed by atoms with Crippen molar-refractivity contribution in [1.29, 1.82) is 0 Å². The van der Waals surface area contributed by atoms with Crippen LogP contribution < -0.4 is 10.5 Å². The molecule has 3 atom stereocenters. The third-order valence-electron chi connectivity index (χ3n) is 4.80. The maximum Gasteiger partial charge on any atom is 0.238 e. The number of primary sulfonamides is 1. The first-order chi connectivity index (χ1) is 11.8. The molecule has 0 radical (unpaired) electrons. The number of hydrogen-bond acceptors (Lipinski definition) is 4. The fraction of sp³-hybridized carbons (Fsp3) is 0.500. The van der Waals surface area contributed by atoms with Crippen molar-refractivity contribution in [3.63, 3.8) is 0 Å². The highest BCUT2D eigenvalue weighted by Gasteiger charge is 2.42. The molecular weight excluding hydrogens is 365 g/mol. The number of nitrogens with zero attached hydrogens (tertiary/aromatic N) is 1. The van der Waals surface area contributed by atoms with Crippen molar-refractivity contribution in [2.75, 3.05) is 6.54 Å². The number of carbonyl (C=O) groups excluding carboxylic acids is 1. The van der Waals surface area contributed by atoms with Gasteiger partial charge in [0, 0.05) is 12.6 Å². The number of halogens is 1. The molecule has 1 amide bonds. The van der Waals surface area contributed by atoms with Crippen molar-refractivity contribution in [1.82, 2.24) is 10.2 Å². The maximum atomic E-state index is 13.6. The van der Waals surface area contributed by atoms with Crippen molar-refractivity contribution < 1.29 is 17.6 Å². The Kier molecular flexibility index (Phi) is 5.08. The average Bonchev–Trinajstić information content (AvgIpc) is 2.55. The van der Waals surface area contributed by atoms with Crippen LogP contribution in [0.25, 0.3) is 0 Å². The van der Waals surface area contributed by atoms with E-state index in [4.69, 9.17) is 17.4 Å². The van der Waals surface area contributed by atoms with Gasteiger partial charge in [0.25, 0.3) is 0 Å². The Balaban J connectivity index is 1.66. The zero-order chi connectivity index (χ0) is 18.2. The fourth-order valence-electron chi connectivity index (χ4n) is 3.40. The topological polar surface area (TPSA) is 92.5 Å². The number of sulfonamides is 1. The molecule has 25 heavy (non-hydrogen) atoms. The molecule has 1 aromatic carbocycles. The Hall–Kier alpha value is -1.58. The minimum Gasteiger partial charge on any atom is -0.359 e. The van der Waals surface area contributed by atoms with Gasteiger partial charge in [-0.2, -0.15) is 0 Å². The van der Waals surface area contributed by atoms with Crippen molar-refractivity contribution in [3.05, 3.63) is 29.8 Å². The second kappa shape index (κ2) is 6.97. The summed E-state index contributed by atoms with van der Waals surface area (Å²) in [4.78, 5) is 14.2. The van der Waals surface area contributed by atoms with Gasteiger partial charge in [0.05, 0.1) is 10.8 Å². The van der Waals surface area contributed by atoms with Gasteiger partial charge in [0.2, 0.25) is 15.9 Å². The lowest BCUT2D eigenvalue weighted by atomic mass is 9.81. The van der Waals surface area contributed by atoms with E-state index in [2.05, 4.69) is 5.32 Å². The lowest BCUT2D eigenvalue weighted by molar-refractivity contribution is -0.135. The summed E-state index contributed by atoms with van der Waals surface area (Å²) in [5.41, 5.74) is 0.858. The van der Waals surface area contributed by atoms with Crippen LogP contribution in [0.4, 0.5) is 4.39 Å². The number of hydrogen-bond donors (Lipinski definition) is 2. The fourth-order valence-corrected chi connectivity index (χ4v) is 4.25. The Morgan fingerprint density at radius 2 is 1.96 bits per heavy atom. The quantitative estimate of drug-likeness (QED) is 0.757. The molecule has 1 saturated carbocycles. The zero-order valence-electron chi connectivity index (χ0n) is 13.5. The van der Waals surface area contributed by atoms with E-state index in [1.165, 1.54) is 17.0 Å². The zero-order valence-corrected chi connectivity index (χ0v) is 15.2. The van der Waals surface area contributed by atoms with Crippen molar-refractivity contribution >= 4 is 33.3 Å². The molecule has 1 aliphatic heterocycles. The number of amides is 1. The first kappa shape index (κ1) is 18.2. The highest BCUT2D eigenvalue weighted by molar-refractivity contribution is 7.89. The van der Waals surface area contributed by atoms with E-state index >= 15 is 0 Å². The third-order valence-corrected chi connectivity index (χ3v) is 6.07. The van der Waals surface area contributed by atoms with Crippen LogP contribution >= 0.6 is 12.2 Å². The third kappa shape index (κ3) is 3.99. The van der Waals surface area contributed by atoms with E-state index < -0.39 is 16.2 Å². The Morgan fingerprint density at radius 3 is 2.60 bits per heavy atom. The summed E-state index contributed by atoms with van der Waals surface area (Å²) in [6, 6.07) is 6.11. The predicted molar refractivity (Wildman–Crippen MR) is 95.0 cm³/mol. The minimum atomic E-state index is -3.72. The highest BCUT2D eigenvalue weighted by atomic mass is 32.2. The van der Waals surface area contributed by atoms with Crippen LogP contribution in [0.15, 0.2) is 29.2 Å². The molecule has 1 saturated heterocycles. The molecule has 3 unspecified atom stereocenters. The van der Waals surface area contributed by atoms with E-state index in [0.717, 1.165) is 5.56 Å². The van der Waals surface area contributed by atoms with Crippen LogP contribution in [0, 0.1) is 5.92 Å². The average molecular weight is 385 g/mol. The van der Waals surface area contributed by atoms with Crippen LogP contribution in [0.5, 0.6) is 0 Å². The lowest BCUT2D eigenvalue weighted by Crippen LogP contribution is -2.61. The molecule has 0 bridgehead atoms. The number of thiocarbonyl (C=S) groups is 1. The van der Waals surface area contributed by atoms with Crippen LogP contribution in [-0.4, -0.2) is 43.1 Å². The second-order valence-corrected chi connectivity index (χ2v) is 8.45. The van der Waals surface area contributed by atoms with Crippen molar-refractivity contribution in [2.24, 2.45) is 11.1 Å². The van der Waals surface area contributed by atoms with Crippen LogP contribution in [0.1, 0.15) is 24.8 Å². The van der Waals surface area contributed by atoms with E-state index in [1.54, 1.807) is 12.1 Å². The van der Waals surface area contributed by atoms with Gasteiger partial charge in [-0.25, -0.2) is 17.9 Å². The summed E-state index contributed by atoms with van der Waals surface area (Å²) in [5, 5.41) is 8.61. The van der Waals surface area contributed by atoms with Gasteiger partial charge in [-0.15, -0.1) is 0 Å². The number of fused-ring (bicyclic) bond motifs is 1. The molecule has 3 rings (SSSR count). The van der Waals surface area contributed by atoms with E-state index in [-0.39, 0.29) is 29.2 Å². The number of rotatable bonds is 4. The Bertz CT molecular complexity index is 782. The van der Waals surface area contributed by atoms with Gasteiger partial charge in [-0.05, 0) is 55.6 Å². The van der Waals surface area contributed by atoms with Gasteiger partial charge in [-0.3, -0.25) is 9.69 Å². The molecule has 0 aromatic heterocycles. The van der Waals surface area contributed by atoms with Gasteiger partial charge < -0.3 is 5.32 Å². The predicted octanol–water partition coefficient (Wildman–Crippen LogP) is 1.10. The largest absolute Gasteiger partial charge is 0.359 e. The van der Waals surface area contributed by atoms with Gasteiger partial charge in [0.15, 0.2) is 5.11 Å².